The average molecular weight is 613 g/mol. The summed E-state index contributed by atoms with van der Waals surface area (Å²) in [5.41, 5.74) is 9.22. The molecule has 224 valence electrons. The Morgan fingerprint density at radius 1 is 0.417 bits per heavy atom. The van der Waals surface area contributed by atoms with Gasteiger partial charge in [0.25, 0.3) is 0 Å². The van der Waals surface area contributed by atoms with Gasteiger partial charge in [-0.15, -0.1) is 0 Å². The molecule has 0 spiro atoms. The first-order valence-electron chi connectivity index (χ1n) is 16.2. The molecule has 0 amide bonds. The zero-order valence-corrected chi connectivity index (χ0v) is 26.0. The van der Waals surface area contributed by atoms with Gasteiger partial charge in [-0.25, -0.2) is 0 Å². The van der Waals surface area contributed by atoms with Crippen LogP contribution in [-0.4, -0.2) is 14.5 Å². The molecule has 0 bridgehead atoms. The number of hydrogen-bond donors (Lipinski definition) is 0. The van der Waals surface area contributed by atoms with E-state index < -0.39 is 0 Å². The lowest BCUT2D eigenvalue weighted by molar-refractivity contribution is 1.18. The molecule has 0 radical (unpaired) electrons. The number of hydrogen-bond acceptors (Lipinski definition) is 3. The fraction of sp³-hybridized carbons (Fsp3) is 0. The van der Waals surface area contributed by atoms with Crippen LogP contribution >= 0.6 is 0 Å². The molecule has 0 N–H and O–H groups in total. The van der Waals surface area contributed by atoms with Gasteiger partial charge in [0.05, 0.1) is 11.0 Å². The van der Waals surface area contributed by atoms with E-state index in [2.05, 4.69) is 141 Å². The quantitative estimate of drug-likeness (QED) is 0.181. The highest BCUT2D eigenvalue weighted by atomic mass is 15.1. The minimum absolute atomic E-state index is 1.05. The molecule has 0 saturated heterocycles. The van der Waals surface area contributed by atoms with E-state index in [1.807, 2.05) is 49.1 Å². The molecule has 7 aromatic carbocycles. The molecule has 4 heteroatoms. The van der Waals surface area contributed by atoms with Gasteiger partial charge in [0, 0.05) is 58.3 Å². The topological polar surface area (TPSA) is 34.0 Å². The summed E-state index contributed by atoms with van der Waals surface area (Å²) in [4.78, 5) is 10.7. The van der Waals surface area contributed by atoms with Crippen LogP contribution in [0.25, 0.3) is 70.9 Å². The predicted octanol–water partition coefficient (Wildman–Crippen LogP) is 11.6. The van der Waals surface area contributed by atoms with E-state index in [0.29, 0.717) is 0 Å². The van der Waals surface area contributed by atoms with Crippen LogP contribution in [0.4, 0.5) is 17.1 Å². The fourth-order valence-corrected chi connectivity index (χ4v) is 7.66. The summed E-state index contributed by atoms with van der Waals surface area (Å²) in [5.74, 6) is 0. The number of nitrogens with zero attached hydrogens (tertiary/aromatic N) is 4. The lowest BCUT2D eigenvalue weighted by Gasteiger charge is -2.25. The Bertz CT molecular complexity index is 2710. The first-order valence-corrected chi connectivity index (χ1v) is 16.2. The van der Waals surface area contributed by atoms with E-state index in [-0.39, 0.29) is 0 Å². The summed E-state index contributed by atoms with van der Waals surface area (Å²) in [6, 6.07) is 52.7. The highest BCUT2D eigenvalue weighted by Crippen LogP contribution is 2.45. The van der Waals surface area contributed by atoms with Gasteiger partial charge in [0.1, 0.15) is 0 Å². The van der Waals surface area contributed by atoms with E-state index >= 15 is 0 Å². The maximum atomic E-state index is 4.24. The van der Waals surface area contributed by atoms with Crippen molar-refractivity contribution in [2.75, 3.05) is 4.90 Å². The van der Waals surface area contributed by atoms with Crippen molar-refractivity contribution in [2.45, 2.75) is 0 Å². The zero-order valence-electron chi connectivity index (χ0n) is 26.0. The highest BCUT2D eigenvalue weighted by Gasteiger charge is 2.20. The molecule has 0 aliphatic rings. The van der Waals surface area contributed by atoms with Gasteiger partial charge in [-0.1, -0.05) is 84.9 Å². The molecule has 0 unspecified atom stereocenters. The van der Waals surface area contributed by atoms with Gasteiger partial charge >= 0.3 is 0 Å². The van der Waals surface area contributed by atoms with Crippen LogP contribution in [0.3, 0.4) is 0 Å². The predicted molar refractivity (Wildman–Crippen MR) is 200 cm³/mol. The second-order valence-electron chi connectivity index (χ2n) is 12.3. The molecule has 3 aromatic heterocycles. The standard InChI is InChI=1S/C44H28N4/c1-2-6-32(7-3-1)48-40-9-5-4-8-38(40)44-39-19-13-30-12-17-36(37-18-14-31(28-41(44)48)43(39)42(30)37)29-10-15-33(16-11-29)47(34-20-24-45-25-21-34)35-22-26-46-27-23-35/h1-28H. The van der Waals surface area contributed by atoms with Crippen molar-refractivity contribution in [3.05, 3.63) is 170 Å². The molecule has 10 rings (SSSR count). The van der Waals surface area contributed by atoms with Crippen molar-refractivity contribution in [3.8, 4) is 16.8 Å². The van der Waals surface area contributed by atoms with E-state index in [1.165, 1.54) is 70.9 Å². The van der Waals surface area contributed by atoms with Gasteiger partial charge in [0.15, 0.2) is 0 Å². The summed E-state index contributed by atoms with van der Waals surface area (Å²) in [6.07, 6.45) is 7.32. The third-order valence-electron chi connectivity index (χ3n) is 9.71. The third kappa shape index (κ3) is 3.96. The molecule has 10 aromatic rings. The summed E-state index contributed by atoms with van der Waals surface area (Å²) in [7, 11) is 0. The smallest absolute Gasteiger partial charge is 0.0553 e. The number of pyridine rings is 2. The van der Waals surface area contributed by atoms with Crippen molar-refractivity contribution in [1.29, 1.82) is 0 Å². The molecule has 0 fully saturated rings. The second-order valence-corrected chi connectivity index (χ2v) is 12.3. The molecule has 3 heterocycles. The van der Waals surface area contributed by atoms with E-state index in [0.717, 1.165) is 17.1 Å². The van der Waals surface area contributed by atoms with Gasteiger partial charge in [-0.2, -0.15) is 0 Å². The van der Waals surface area contributed by atoms with Crippen molar-refractivity contribution in [2.24, 2.45) is 0 Å². The maximum absolute atomic E-state index is 4.24. The molecule has 0 aliphatic heterocycles. The van der Waals surface area contributed by atoms with E-state index in [9.17, 15) is 0 Å². The lowest BCUT2D eigenvalue weighted by atomic mass is 9.88. The molecular formula is C44H28N4. The third-order valence-corrected chi connectivity index (χ3v) is 9.71. The molecule has 48 heavy (non-hydrogen) atoms. The largest absolute Gasteiger partial charge is 0.310 e. The average Bonchev–Trinajstić information content (AvgIpc) is 3.49. The number of anilines is 3. The Hall–Kier alpha value is -6.52. The number of aromatic nitrogens is 3. The van der Waals surface area contributed by atoms with Gasteiger partial charge in [-0.05, 0) is 104 Å². The Morgan fingerprint density at radius 3 is 1.77 bits per heavy atom. The van der Waals surface area contributed by atoms with Crippen LogP contribution in [0.1, 0.15) is 0 Å². The van der Waals surface area contributed by atoms with Gasteiger partial charge in [0.2, 0.25) is 0 Å². The minimum atomic E-state index is 1.05. The van der Waals surface area contributed by atoms with Crippen molar-refractivity contribution in [3.63, 3.8) is 0 Å². The van der Waals surface area contributed by atoms with Gasteiger partial charge < -0.3 is 9.47 Å². The molecule has 0 atom stereocenters. The summed E-state index contributed by atoms with van der Waals surface area (Å²) < 4.78 is 2.41. The van der Waals surface area contributed by atoms with Crippen molar-refractivity contribution in [1.82, 2.24) is 14.5 Å². The van der Waals surface area contributed by atoms with Gasteiger partial charge in [-0.3, -0.25) is 9.97 Å². The minimum Gasteiger partial charge on any atom is -0.310 e. The van der Waals surface area contributed by atoms with Crippen molar-refractivity contribution >= 4 is 71.2 Å². The van der Waals surface area contributed by atoms with Crippen LogP contribution in [-0.2, 0) is 0 Å². The van der Waals surface area contributed by atoms with Crippen molar-refractivity contribution < 1.29 is 0 Å². The first kappa shape index (κ1) is 26.7. The Morgan fingerprint density at radius 2 is 1.02 bits per heavy atom. The maximum Gasteiger partial charge on any atom is 0.0553 e. The number of rotatable bonds is 5. The van der Waals surface area contributed by atoms with Crippen LogP contribution in [0, 0.1) is 0 Å². The second kappa shape index (κ2) is 10.5. The number of fused-ring (bicyclic) bond motifs is 4. The van der Waals surface area contributed by atoms with Crippen LogP contribution in [0.15, 0.2) is 170 Å². The molecule has 4 nitrogen and oxygen atoms in total. The van der Waals surface area contributed by atoms with Crippen LogP contribution in [0.2, 0.25) is 0 Å². The van der Waals surface area contributed by atoms with Crippen LogP contribution < -0.4 is 4.90 Å². The number of para-hydroxylation sites is 2. The van der Waals surface area contributed by atoms with E-state index in [4.69, 9.17) is 0 Å². The Balaban J connectivity index is 1.17. The lowest BCUT2D eigenvalue weighted by Crippen LogP contribution is -2.09. The summed E-state index contributed by atoms with van der Waals surface area (Å²) in [6.45, 7) is 0. The monoisotopic (exact) mass is 612 g/mol. The Kier molecular flexibility index (Phi) is 5.84. The zero-order chi connectivity index (χ0) is 31.6. The summed E-state index contributed by atoms with van der Waals surface area (Å²) >= 11 is 0. The normalized spacial score (nSPS) is 11.8. The molecular weight excluding hydrogens is 585 g/mol. The van der Waals surface area contributed by atoms with Crippen LogP contribution in [0.5, 0.6) is 0 Å². The fourth-order valence-electron chi connectivity index (χ4n) is 7.66. The SMILES string of the molecule is c1ccc(-n2c3ccccc3c3c4ccc5ccc(-c6ccc(N(c7ccncc7)c7ccncc7)cc6)c6ccc(cc32)c4c56)cc1. The highest BCUT2D eigenvalue weighted by molar-refractivity contribution is 6.34. The first-order chi connectivity index (χ1) is 23.8. The Labute approximate surface area is 277 Å². The molecule has 0 saturated carbocycles. The number of benzene rings is 7. The van der Waals surface area contributed by atoms with E-state index in [1.54, 1.807) is 0 Å². The summed E-state index contributed by atoms with van der Waals surface area (Å²) in [5, 5.41) is 10.3. The molecule has 0 aliphatic carbocycles.